The van der Waals surface area contributed by atoms with Crippen LogP contribution in [0.1, 0.15) is 23.0 Å². The summed E-state index contributed by atoms with van der Waals surface area (Å²) in [6, 6.07) is 1.71. The summed E-state index contributed by atoms with van der Waals surface area (Å²) in [6.45, 7) is 2.32. The van der Waals surface area contributed by atoms with Crippen molar-refractivity contribution >= 4 is 23.2 Å². The van der Waals surface area contributed by atoms with Crippen molar-refractivity contribution in [2.75, 3.05) is 13.1 Å². The van der Waals surface area contributed by atoms with E-state index >= 15 is 0 Å². The smallest absolute Gasteiger partial charge is 0.311 e. The number of hydrogen-bond acceptors (Lipinski definition) is 6. The number of nitrogens with zero attached hydrogens (tertiary/aromatic N) is 4. The third kappa shape index (κ3) is 2.57. The van der Waals surface area contributed by atoms with Crippen LogP contribution in [-0.2, 0) is 4.79 Å². The average molecular weight is 318 g/mol. The first-order chi connectivity index (χ1) is 10.5. The summed E-state index contributed by atoms with van der Waals surface area (Å²) in [5.41, 5.74) is -0.869. The molecule has 22 heavy (non-hydrogen) atoms. The topological polar surface area (TPSA) is 96.3 Å². The van der Waals surface area contributed by atoms with Gasteiger partial charge < -0.3 is 10.0 Å². The van der Waals surface area contributed by atoms with Crippen LogP contribution in [0.3, 0.4) is 0 Å². The average Bonchev–Trinajstić information content (AvgIpc) is 3.15. The lowest BCUT2D eigenvalue weighted by Gasteiger charge is -2.19. The number of aromatic nitrogens is 3. The predicted octanol–water partition coefficient (Wildman–Crippen LogP) is 1.54. The molecule has 1 N–H and O–H groups in total. The van der Waals surface area contributed by atoms with E-state index < -0.39 is 11.4 Å². The maximum atomic E-state index is 12.5. The molecule has 8 heteroatoms. The molecular formula is C14H14N4O3S. The maximum absolute atomic E-state index is 12.5. The number of aliphatic carboxylic acids is 1. The third-order valence-corrected chi connectivity index (χ3v) is 4.73. The fourth-order valence-corrected chi connectivity index (χ4v) is 3.18. The highest BCUT2D eigenvalue weighted by molar-refractivity contribution is 7.16. The molecule has 7 nitrogen and oxygen atoms in total. The van der Waals surface area contributed by atoms with Crippen LogP contribution in [0.5, 0.6) is 0 Å². The molecule has 0 aliphatic carbocycles. The van der Waals surface area contributed by atoms with E-state index in [0.717, 1.165) is 0 Å². The van der Waals surface area contributed by atoms with Gasteiger partial charge in [0.15, 0.2) is 10.8 Å². The minimum absolute atomic E-state index is 0.190. The lowest BCUT2D eigenvalue weighted by molar-refractivity contribution is -0.147. The molecule has 1 aliphatic rings. The Hall–Kier alpha value is -2.35. The zero-order chi connectivity index (χ0) is 15.7. The van der Waals surface area contributed by atoms with E-state index in [0.29, 0.717) is 28.7 Å². The molecule has 3 rings (SSSR count). The number of thiazole rings is 1. The van der Waals surface area contributed by atoms with Crippen LogP contribution >= 0.6 is 11.3 Å². The summed E-state index contributed by atoms with van der Waals surface area (Å²) in [6.07, 6.45) is 5.19. The Labute approximate surface area is 130 Å². The minimum atomic E-state index is -0.870. The summed E-state index contributed by atoms with van der Waals surface area (Å²) in [4.78, 5) is 38.1. The van der Waals surface area contributed by atoms with Crippen molar-refractivity contribution in [2.24, 2.45) is 5.41 Å². The van der Waals surface area contributed by atoms with Crippen LogP contribution in [0, 0.1) is 5.41 Å². The van der Waals surface area contributed by atoms with Crippen molar-refractivity contribution in [1.29, 1.82) is 0 Å². The Morgan fingerprint density at radius 3 is 2.68 bits per heavy atom. The maximum Gasteiger partial charge on any atom is 0.311 e. The summed E-state index contributed by atoms with van der Waals surface area (Å²) >= 11 is 1.21. The van der Waals surface area contributed by atoms with Gasteiger partial charge in [0.25, 0.3) is 5.91 Å². The molecule has 1 fully saturated rings. The molecule has 1 amide bonds. The first-order valence-electron chi connectivity index (χ1n) is 6.75. The Balaban J connectivity index is 1.77. The molecule has 0 spiro atoms. The Morgan fingerprint density at radius 2 is 2.05 bits per heavy atom. The Kier molecular flexibility index (Phi) is 3.61. The van der Waals surface area contributed by atoms with E-state index in [1.807, 2.05) is 0 Å². The van der Waals surface area contributed by atoms with Crippen LogP contribution < -0.4 is 0 Å². The number of amides is 1. The fraction of sp³-hybridized carbons (Fsp3) is 0.357. The van der Waals surface area contributed by atoms with Gasteiger partial charge >= 0.3 is 5.97 Å². The van der Waals surface area contributed by atoms with Crippen LogP contribution in [0.25, 0.3) is 10.8 Å². The first kappa shape index (κ1) is 14.6. The zero-order valence-corrected chi connectivity index (χ0v) is 12.7. The molecule has 1 aliphatic heterocycles. The number of hydrogen-bond donors (Lipinski definition) is 1. The van der Waals surface area contributed by atoms with Gasteiger partial charge in [-0.25, -0.2) is 15.0 Å². The van der Waals surface area contributed by atoms with Crippen LogP contribution in [0.2, 0.25) is 0 Å². The SMILES string of the molecule is CC1(C(=O)O)CCN(C(=O)c2cnc(-c3ncccn3)s2)C1. The molecule has 2 aromatic rings. The van der Waals surface area contributed by atoms with Gasteiger partial charge in [-0.2, -0.15) is 0 Å². The van der Waals surface area contributed by atoms with E-state index in [4.69, 9.17) is 0 Å². The van der Waals surface area contributed by atoms with Crippen molar-refractivity contribution in [2.45, 2.75) is 13.3 Å². The van der Waals surface area contributed by atoms with E-state index in [1.165, 1.54) is 17.5 Å². The van der Waals surface area contributed by atoms with Crippen LogP contribution in [-0.4, -0.2) is 49.9 Å². The number of carboxylic acids is 1. The molecule has 1 saturated heterocycles. The minimum Gasteiger partial charge on any atom is -0.481 e. The monoisotopic (exact) mass is 318 g/mol. The summed E-state index contributed by atoms with van der Waals surface area (Å²) in [7, 11) is 0. The van der Waals surface area contributed by atoms with Crippen molar-refractivity contribution in [1.82, 2.24) is 19.9 Å². The molecule has 114 valence electrons. The van der Waals surface area contributed by atoms with E-state index in [9.17, 15) is 14.7 Å². The number of carboxylic acid groups (broad SMARTS) is 1. The predicted molar refractivity (Wildman–Crippen MR) is 79.4 cm³/mol. The number of carbonyl (C=O) groups is 2. The Morgan fingerprint density at radius 1 is 1.32 bits per heavy atom. The van der Waals surface area contributed by atoms with Crippen molar-refractivity contribution in [3.8, 4) is 10.8 Å². The second-order valence-corrected chi connectivity index (χ2v) is 6.48. The highest BCUT2D eigenvalue weighted by atomic mass is 32.1. The highest BCUT2D eigenvalue weighted by Gasteiger charge is 2.42. The zero-order valence-electron chi connectivity index (χ0n) is 11.9. The molecule has 0 radical (unpaired) electrons. The highest BCUT2D eigenvalue weighted by Crippen LogP contribution is 2.32. The van der Waals surface area contributed by atoms with Crippen molar-refractivity contribution in [3.63, 3.8) is 0 Å². The van der Waals surface area contributed by atoms with Crippen molar-refractivity contribution in [3.05, 3.63) is 29.5 Å². The van der Waals surface area contributed by atoms with Gasteiger partial charge in [0.2, 0.25) is 0 Å². The van der Waals surface area contributed by atoms with Gasteiger partial charge in [-0.15, -0.1) is 11.3 Å². The van der Waals surface area contributed by atoms with Crippen molar-refractivity contribution < 1.29 is 14.7 Å². The lowest BCUT2D eigenvalue weighted by atomic mass is 9.90. The molecule has 1 atom stereocenters. The van der Waals surface area contributed by atoms with Gasteiger partial charge in [0.1, 0.15) is 4.88 Å². The normalized spacial score (nSPS) is 21.0. The van der Waals surface area contributed by atoms with E-state index in [1.54, 1.807) is 30.3 Å². The second-order valence-electron chi connectivity index (χ2n) is 5.44. The molecule has 0 aromatic carbocycles. The quantitative estimate of drug-likeness (QED) is 0.922. The second kappa shape index (κ2) is 5.45. The fourth-order valence-electron chi connectivity index (χ4n) is 2.35. The summed E-state index contributed by atoms with van der Waals surface area (Å²) in [5, 5.41) is 9.80. The number of carbonyl (C=O) groups excluding carboxylic acids is 1. The molecule has 1 unspecified atom stereocenters. The summed E-state index contributed by atoms with van der Waals surface area (Å²) < 4.78 is 0. The van der Waals surface area contributed by atoms with Crippen LogP contribution in [0.15, 0.2) is 24.7 Å². The molecule has 3 heterocycles. The van der Waals surface area contributed by atoms with E-state index in [2.05, 4.69) is 15.0 Å². The third-order valence-electron chi connectivity index (χ3n) is 3.75. The standard InChI is InChI=1S/C14H14N4O3S/c1-14(13(20)21)3-6-18(8-14)12(19)9-7-17-11(22-9)10-15-4-2-5-16-10/h2,4-5,7H,3,6,8H2,1H3,(H,20,21). The lowest BCUT2D eigenvalue weighted by Crippen LogP contribution is -2.34. The van der Waals surface area contributed by atoms with Gasteiger partial charge in [0, 0.05) is 25.5 Å². The first-order valence-corrected chi connectivity index (χ1v) is 7.57. The van der Waals surface area contributed by atoms with E-state index in [-0.39, 0.29) is 12.5 Å². The van der Waals surface area contributed by atoms with Gasteiger partial charge in [-0.1, -0.05) is 0 Å². The number of likely N-dealkylation sites (tertiary alicyclic amines) is 1. The summed E-state index contributed by atoms with van der Waals surface area (Å²) in [5.74, 6) is -0.585. The molecule has 0 saturated carbocycles. The molecule has 0 bridgehead atoms. The molecule has 2 aromatic heterocycles. The number of rotatable bonds is 3. The van der Waals surface area contributed by atoms with Gasteiger partial charge in [-0.3, -0.25) is 9.59 Å². The van der Waals surface area contributed by atoms with Crippen LogP contribution in [0.4, 0.5) is 0 Å². The van der Waals surface area contributed by atoms with Gasteiger partial charge in [0.05, 0.1) is 11.6 Å². The Bertz CT molecular complexity index is 718. The van der Waals surface area contributed by atoms with Gasteiger partial charge in [-0.05, 0) is 19.4 Å². The largest absolute Gasteiger partial charge is 0.481 e. The molecular weight excluding hydrogens is 304 g/mol.